The molecule has 1 aliphatic heterocycles. The van der Waals surface area contributed by atoms with Crippen molar-refractivity contribution in [3.8, 4) is 0 Å². The number of aromatic nitrogens is 3. The zero-order chi connectivity index (χ0) is 24.0. The number of methoxy groups -OCH3 is 1. The zero-order valence-electron chi connectivity index (χ0n) is 20.1. The molecule has 4 heterocycles. The SMILES string of the molecule is CCC1(CC)OCC(c2nc3c(ccc4[nH]c5cnc(C(=O)OC(C)C)c(COC)c5c43)o2)O1. The van der Waals surface area contributed by atoms with Gasteiger partial charge in [0.1, 0.15) is 5.52 Å². The first-order valence-electron chi connectivity index (χ1n) is 11.6. The van der Waals surface area contributed by atoms with Gasteiger partial charge in [-0.15, -0.1) is 0 Å². The summed E-state index contributed by atoms with van der Waals surface area (Å²) in [7, 11) is 1.58. The number of ether oxygens (including phenoxy) is 4. The second-order valence-electron chi connectivity index (χ2n) is 8.81. The average Bonchev–Trinajstić information content (AvgIpc) is 3.53. The number of aromatic amines is 1. The Bertz CT molecular complexity index is 1370. The number of esters is 1. The van der Waals surface area contributed by atoms with Crippen molar-refractivity contribution >= 4 is 38.9 Å². The second-order valence-corrected chi connectivity index (χ2v) is 8.81. The smallest absolute Gasteiger partial charge is 0.357 e. The summed E-state index contributed by atoms with van der Waals surface area (Å²) in [6, 6.07) is 3.81. The molecule has 1 aromatic carbocycles. The topological polar surface area (TPSA) is 109 Å². The highest BCUT2D eigenvalue weighted by Gasteiger charge is 2.41. The summed E-state index contributed by atoms with van der Waals surface area (Å²) in [5.74, 6) is -0.620. The van der Waals surface area contributed by atoms with Crippen LogP contribution in [0.5, 0.6) is 0 Å². The van der Waals surface area contributed by atoms with Crippen molar-refractivity contribution < 1.29 is 28.2 Å². The number of hydrogen-bond donors (Lipinski definition) is 1. The molecule has 5 rings (SSSR count). The maximum absolute atomic E-state index is 12.8. The molecule has 0 radical (unpaired) electrons. The van der Waals surface area contributed by atoms with E-state index in [0.29, 0.717) is 29.2 Å². The lowest BCUT2D eigenvalue weighted by Gasteiger charge is -2.24. The molecule has 0 saturated carbocycles. The van der Waals surface area contributed by atoms with E-state index in [0.717, 1.165) is 34.6 Å². The number of benzene rings is 1. The van der Waals surface area contributed by atoms with Crippen molar-refractivity contribution in [3.63, 3.8) is 0 Å². The van der Waals surface area contributed by atoms with Crippen molar-refractivity contribution in [2.45, 2.75) is 65.1 Å². The van der Waals surface area contributed by atoms with E-state index in [1.165, 1.54) is 0 Å². The van der Waals surface area contributed by atoms with Crippen molar-refractivity contribution in [2.75, 3.05) is 13.7 Å². The van der Waals surface area contributed by atoms with Crippen molar-refractivity contribution in [1.29, 1.82) is 0 Å². The molecule has 1 aliphatic rings. The molecule has 4 aromatic rings. The fraction of sp³-hybridized carbons (Fsp3) is 0.480. The van der Waals surface area contributed by atoms with Gasteiger partial charge < -0.3 is 28.3 Å². The minimum atomic E-state index is -0.607. The normalized spacial score (nSPS) is 18.0. The van der Waals surface area contributed by atoms with Gasteiger partial charge in [0, 0.05) is 29.0 Å². The van der Waals surface area contributed by atoms with Gasteiger partial charge in [-0.05, 0) is 38.8 Å². The average molecular weight is 468 g/mol. The minimum absolute atomic E-state index is 0.190. The van der Waals surface area contributed by atoms with E-state index >= 15 is 0 Å². The van der Waals surface area contributed by atoms with Gasteiger partial charge in [0.05, 0.1) is 31.0 Å². The molecule has 9 heteroatoms. The molecular formula is C25H29N3O6. The standard InChI is InChI=1S/C25H29N3O6/c1-6-25(7-2)31-12-18(34-25)23-28-22-17(33-23)9-8-15-20(22)19-14(11-30-5)21(24(29)32-13(3)4)26-10-16(19)27-15/h8-10,13,18,27H,6-7,11-12H2,1-5H3. The number of rotatable bonds is 7. The lowest BCUT2D eigenvalue weighted by molar-refractivity contribution is -0.174. The van der Waals surface area contributed by atoms with Crippen LogP contribution in [0.3, 0.4) is 0 Å². The van der Waals surface area contributed by atoms with Crippen molar-refractivity contribution in [2.24, 2.45) is 0 Å². The highest BCUT2D eigenvalue weighted by Crippen LogP contribution is 2.40. The number of hydrogen-bond acceptors (Lipinski definition) is 8. The molecule has 0 spiro atoms. The zero-order valence-corrected chi connectivity index (χ0v) is 20.1. The van der Waals surface area contributed by atoms with E-state index in [-0.39, 0.29) is 24.5 Å². The van der Waals surface area contributed by atoms with Gasteiger partial charge in [0.2, 0.25) is 5.89 Å². The predicted molar refractivity (Wildman–Crippen MR) is 126 cm³/mol. The molecule has 180 valence electrons. The molecule has 1 atom stereocenters. The largest absolute Gasteiger partial charge is 0.458 e. The van der Waals surface area contributed by atoms with Gasteiger partial charge >= 0.3 is 5.97 Å². The van der Waals surface area contributed by atoms with Crippen LogP contribution >= 0.6 is 0 Å². The van der Waals surface area contributed by atoms with Crippen LogP contribution < -0.4 is 0 Å². The van der Waals surface area contributed by atoms with Crippen LogP contribution in [0.1, 0.15) is 68.6 Å². The van der Waals surface area contributed by atoms with E-state index < -0.39 is 11.8 Å². The maximum Gasteiger partial charge on any atom is 0.357 e. The van der Waals surface area contributed by atoms with E-state index in [1.807, 2.05) is 26.0 Å². The van der Waals surface area contributed by atoms with Crippen LogP contribution in [-0.4, -0.2) is 46.5 Å². The van der Waals surface area contributed by atoms with Crippen LogP contribution in [0.15, 0.2) is 22.7 Å². The van der Waals surface area contributed by atoms with Crippen LogP contribution in [0.2, 0.25) is 0 Å². The quantitative estimate of drug-likeness (QED) is 0.371. The summed E-state index contributed by atoms with van der Waals surface area (Å²) in [6.45, 7) is 8.27. The number of carbonyl (C=O) groups excluding carboxylic acids is 1. The Balaban J connectivity index is 1.69. The molecule has 34 heavy (non-hydrogen) atoms. The Morgan fingerprint density at radius 2 is 2.03 bits per heavy atom. The Morgan fingerprint density at radius 3 is 2.71 bits per heavy atom. The van der Waals surface area contributed by atoms with Crippen LogP contribution in [0, 0.1) is 0 Å². The number of oxazole rings is 1. The Hall–Kier alpha value is -3.01. The van der Waals surface area contributed by atoms with E-state index in [9.17, 15) is 4.79 Å². The molecule has 1 saturated heterocycles. The molecule has 1 N–H and O–H groups in total. The Labute approximate surface area is 196 Å². The number of fused-ring (bicyclic) bond motifs is 5. The van der Waals surface area contributed by atoms with Gasteiger partial charge in [-0.1, -0.05) is 13.8 Å². The predicted octanol–water partition coefficient (Wildman–Crippen LogP) is 5.17. The molecule has 1 unspecified atom stereocenters. The fourth-order valence-electron chi connectivity index (χ4n) is 4.61. The monoisotopic (exact) mass is 467 g/mol. The Kier molecular flexibility index (Phi) is 5.79. The van der Waals surface area contributed by atoms with Gasteiger partial charge in [0.25, 0.3) is 0 Å². The first kappa shape index (κ1) is 22.8. The highest BCUT2D eigenvalue weighted by molar-refractivity contribution is 6.20. The number of H-pyrrole nitrogens is 1. The number of nitrogens with zero attached hydrogens (tertiary/aromatic N) is 2. The molecule has 0 amide bonds. The number of pyridine rings is 1. The summed E-state index contributed by atoms with van der Waals surface area (Å²) in [5.41, 5.74) is 3.81. The van der Waals surface area contributed by atoms with Crippen LogP contribution in [0.4, 0.5) is 0 Å². The third-order valence-electron chi connectivity index (χ3n) is 6.31. The summed E-state index contributed by atoms with van der Waals surface area (Å²) in [5, 5.41) is 1.65. The van der Waals surface area contributed by atoms with Crippen molar-refractivity contribution in [1.82, 2.24) is 15.0 Å². The fourth-order valence-corrected chi connectivity index (χ4v) is 4.61. The summed E-state index contributed by atoms with van der Waals surface area (Å²) >= 11 is 0. The number of carbonyl (C=O) groups is 1. The van der Waals surface area contributed by atoms with Gasteiger partial charge in [0.15, 0.2) is 23.2 Å². The molecule has 1 fully saturated rings. The Morgan fingerprint density at radius 1 is 1.24 bits per heavy atom. The lowest BCUT2D eigenvalue weighted by Crippen LogP contribution is -2.27. The van der Waals surface area contributed by atoms with Crippen molar-refractivity contribution in [3.05, 3.63) is 35.5 Å². The van der Waals surface area contributed by atoms with E-state index in [1.54, 1.807) is 27.2 Å². The third kappa shape index (κ3) is 3.64. The van der Waals surface area contributed by atoms with E-state index in [4.69, 9.17) is 28.3 Å². The summed E-state index contributed by atoms with van der Waals surface area (Å²) in [4.78, 5) is 25.4. The molecule has 3 aromatic heterocycles. The van der Waals surface area contributed by atoms with Gasteiger partial charge in [-0.25, -0.2) is 14.8 Å². The van der Waals surface area contributed by atoms with E-state index in [2.05, 4.69) is 9.97 Å². The highest BCUT2D eigenvalue weighted by atomic mass is 16.7. The third-order valence-corrected chi connectivity index (χ3v) is 6.31. The molecular weight excluding hydrogens is 438 g/mol. The van der Waals surface area contributed by atoms with Gasteiger partial charge in [-0.2, -0.15) is 0 Å². The summed E-state index contributed by atoms with van der Waals surface area (Å²) < 4.78 is 29.2. The second kappa shape index (κ2) is 8.65. The summed E-state index contributed by atoms with van der Waals surface area (Å²) in [6.07, 6.45) is 2.48. The molecule has 9 nitrogen and oxygen atoms in total. The maximum atomic E-state index is 12.8. The van der Waals surface area contributed by atoms with Gasteiger partial charge in [-0.3, -0.25) is 0 Å². The molecule has 0 bridgehead atoms. The van der Waals surface area contributed by atoms with Crippen LogP contribution in [0.25, 0.3) is 32.9 Å². The van der Waals surface area contributed by atoms with Crippen LogP contribution in [-0.2, 0) is 25.6 Å². The first-order valence-corrected chi connectivity index (χ1v) is 11.6. The number of nitrogens with one attached hydrogen (secondary N) is 1. The first-order chi connectivity index (χ1) is 16.4. The lowest BCUT2D eigenvalue weighted by atomic mass is 10.0. The minimum Gasteiger partial charge on any atom is -0.458 e. The molecule has 0 aliphatic carbocycles.